The molecule has 0 saturated heterocycles. The third-order valence-electron chi connectivity index (χ3n) is 2.62. The Bertz CT molecular complexity index is 654. The van der Waals surface area contributed by atoms with E-state index in [2.05, 4.69) is 4.99 Å². The van der Waals surface area contributed by atoms with Gasteiger partial charge in [-0.1, -0.05) is 18.2 Å². The first-order valence-corrected chi connectivity index (χ1v) is 8.11. The van der Waals surface area contributed by atoms with Crippen molar-refractivity contribution in [2.45, 2.75) is 17.8 Å². The fourth-order valence-electron chi connectivity index (χ4n) is 1.66. The summed E-state index contributed by atoms with van der Waals surface area (Å²) in [6, 6.07) is 9.43. The van der Waals surface area contributed by atoms with Crippen molar-refractivity contribution >= 4 is 41.0 Å². The lowest BCUT2D eigenvalue weighted by Crippen LogP contribution is -2.32. The molecule has 0 radical (unpaired) electrons. The van der Waals surface area contributed by atoms with Gasteiger partial charge < -0.3 is 10.2 Å². The molecule has 0 atom stereocenters. The third kappa shape index (κ3) is 4.05. The van der Waals surface area contributed by atoms with E-state index in [0.29, 0.717) is 11.4 Å². The summed E-state index contributed by atoms with van der Waals surface area (Å²) >= 11 is 2.53. The summed E-state index contributed by atoms with van der Waals surface area (Å²) in [6.45, 7) is 2.47. The zero-order valence-corrected chi connectivity index (χ0v) is 13.0. The van der Waals surface area contributed by atoms with E-state index in [4.69, 9.17) is 5.11 Å². The Balaban J connectivity index is 2.24. The number of aliphatic carboxylic acids is 1. The van der Waals surface area contributed by atoms with E-state index in [1.807, 2.05) is 37.3 Å². The average Bonchev–Trinajstić information content (AvgIpc) is 2.79. The number of carboxylic acids is 1. The second-order valence-electron chi connectivity index (χ2n) is 4.08. The lowest BCUT2D eigenvalue weighted by atomic mass is 10.3. The number of aromatic nitrogens is 1. The molecular weight excluding hydrogens is 308 g/mol. The Morgan fingerprint density at radius 3 is 2.76 bits per heavy atom. The topological polar surface area (TPSA) is 73.8 Å². The Hall–Kier alpha value is -1.86. The molecule has 0 aliphatic heterocycles. The number of aromatic hydroxyl groups is 1. The predicted molar refractivity (Wildman–Crippen MR) is 83.9 cm³/mol. The number of carbonyl (C=O) groups is 1. The van der Waals surface area contributed by atoms with E-state index in [1.54, 1.807) is 10.8 Å². The molecule has 2 rings (SSSR count). The Morgan fingerprint density at radius 1 is 1.43 bits per heavy atom. The lowest BCUT2D eigenvalue weighted by molar-refractivity contribution is -0.728. The Morgan fingerprint density at radius 2 is 2.14 bits per heavy atom. The van der Waals surface area contributed by atoms with E-state index >= 15 is 0 Å². The number of para-hydroxylation sites is 1. The maximum Gasteiger partial charge on any atom is 0.386 e. The van der Waals surface area contributed by atoms with Crippen LogP contribution in [0.15, 0.2) is 39.7 Å². The zero-order valence-electron chi connectivity index (χ0n) is 11.4. The van der Waals surface area contributed by atoms with Crippen LogP contribution in [0.5, 0.6) is 5.88 Å². The number of hydrogen-bond donors (Lipinski definition) is 2. The van der Waals surface area contributed by atoms with Crippen LogP contribution in [0, 0.1) is 0 Å². The number of hydrogen-bond acceptors (Lipinski definition) is 5. The standard InChI is InChI=1S/C14H14N2O3S2/c1-2-16-13(19)11(21-14(16)20-9-12(17)18)8-15-10-6-4-3-5-7-10/h3-8H,2,9H2,1H3,(H-,15,17,18,19)/p+1. The highest BCUT2D eigenvalue weighted by Gasteiger charge is 2.25. The van der Waals surface area contributed by atoms with Gasteiger partial charge in [0.1, 0.15) is 5.75 Å². The second kappa shape index (κ2) is 7.24. The third-order valence-corrected chi connectivity index (χ3v) is 4.98. The predicted octanol–water partition coefficient (Wildman–Crippen LogP) is 2.69. The van der Waals surface area contributed by atoms with Crippen molar-refractivity contribution in [1.82, 2.24) is 0 Å². The molecule has 0 unspecified atom stereocenters. The summed E-state index contributed by atoms with van der Waals surface area (Å²) in [5.74, 6) is -0.792. The van der Waals surface area contributed by atoms with Crippen LogP contribution in [0.25, 0.3) is 0 Å². The smallest absolute Gasteiger partial charge is 0.386 e. The number of aliphatic imine (C=N–C) groups is 1. The number of nitrogens with zero attached hydrogens (tertiary/aromatic N) is 2. The molecule has 110 valence electrons. The van der Waals surface area contributed by atoms with Crippen LogP contribution >= 0.6 is 23.1 Å². The minimum atomic E-state index is -0.880. The number of carboxylic acid groups (broad SMARTS) is 1. The Labute approximate surface area is 130 Å². The summed E-state index contributed by atoms with van der Waals surface area (Å²) in [6.07, 6.45) is 1.60. The molecule has 0 saturated carbocycles. The largest absolute Gasteiger partial charge is 0.481 e. The highest BCUT2D eigenvalue weighted by atomic mass is 32.2. The number of thiazole rings is 1. The van der Waals surface area contributed by atoms with E-state index in [0.717, 1.165) is 10.0 Å². The second-order valence-corrected chi connectivity index (χ2v) is 6.33. The van der Waals surface area contributed by atoms with E-state index in [1.165, 1.54) is 23.1 Å². The first-order chi connectivity index (χ1) is 10.1. The SMILES string of the molecule is CC[n+]1c(SCC(=O)O)sc(C=Nc2ccccc2)c1O. The summed E-state index contributed by atoms with van der Waals surface area (Å²) in [7, 11) is 0. The number of benzene rings is 1. The van der Waals surface area contributed by atoms with Crippen LogP contribution in [0.2, 0.25) is 0 Å². The van der Waals surface area contributed by atoms with Gasteiger partial charge in [-0.2, -0.15) is 0 Å². The van der Waals surface area contributed by atoms with Gasteiger partial charge in [0.05, 0.1) is 11.9 Å². The van der Waals surface area contributed by atoms with E-state index in [-0.39, 0.29) is 11.6 Å². The van der Waals surface area contributed by atoms with Crippen LogP contribution in [-0.4, -0.2) is 28.1 Å². The Kier molecular flexibility index (Phi) is 5.35. The van der Waals surface area contributed by atoms with Crippen LogP contribution < -0.4 is 4.57 Å². The molecule has 1 heterocycles. The summed E-state index contributed by atoms with van der Waals surface area (Å²) in [5.41, 5.74) is 0.799. The zero-order chi connectivity index (χ0) is 15.2. The quantitative estimate of drug-likeness (QED) is 0.487. The number of thioether (sulfide) groups is 1. The molecule has 7 heteroatoms. The van der Waals surface area contributed by atoms with Crippen LogP contribution in [0.4, 0.5) is 5.69 Å². The normalized spacial score (nSPS) is 11.1. The van der Waals surface area contributed by atoms with Gasteiger partial charge in [-0.25, -0.2) is 0 Å². The van der Waals surface area contributed by atoms with Crippen molar-refractivity contribution in [3.8, 4) is 5.88 Å². The fourth-order valence-corrected chi connectivity index (χ4v) is 3.78. The fraction of sp³-hybridized carbons (Fsp3) is 0.214. The van der Waals surface area contributed by atoms with Gasteiger partial charge in [-0.3, -0.25) is 9.79 Å². The summed E-state index contributed by atoms with van der Waals surface area (Å²) in [5, 5.41) is 18.9. The minimum Gasteiger partial charge on any atom is -0.481 e. The maximum absolute atomic E-state index is 10.7. The number of rotatable bonds is 6. The molecule has 5 nitrogen and oxygen atoms in total. The van der Waals surface area contributed by atoms with Crippen molar-refractivity contribution in [3.63, 3.8) is 0 Å². The molecule has 0 fully saturated rings. The molecule has 2 N–H and O–H groups in total. The lowest BCUT2D eigenvalue weighted by Gasteiger charge is -1.93. The van der Waals surface area contributed by atoms with Gasteiger partial charge in [-0.15, -0.1) is 4.57 Å². The average molecular weight is 323 g/mol. The van der Waals surface area contributed by atoms with Crippen molar-refractivity contribution in [2.75, 3.05) is 5.75 Å². The highest BCUT2D eigenvalue weighted by molar-refractivity contribution is 8.01. The molecule has 0 amide bonds. The van der Waals surface area contributed by atoms with Gasteiger partial charge in [0, 0.05) is 0 Å². The molecule has 21 heavy (non-hydrogen) atoms. The van der Waals surface area contributed by atoms with E-state index < -0.39 is 5.97 Å². The highest BCUT2D eigenvalue weighted by Crippen LogP contribution is 2.28. The van der Waals surface area contributed by atoms with Crippen molar-refractivity contribution < 1.29 is 19.6 Å². The van der Waals surface area contributed by atoms with Crippen LogP contribution in [-0.2, 0) is 11.3 Å². The van der Waals surface area contributed by atoms with Gasteiger partial charge in [0.2, 0.25) is 0 Å². The molecule has 1 aromatic heterocycles. The summed E-state index contributed by atoms with van der Waals surface area (Å²) in [4.78, 5) is 15.6. The maximum atomic E-state index is 10.7. The molecule has 2 aromatic rings. The minimum absolute atomic E-state index is 0.0325. The van der Waals surface area contributed by atoms with Gasteiger partial charge in [-0.05, 0) is 42.2 Å². The van der Waals surface area contributed by atoms with Crippen LogP contribution in [0.1, 0.15) is 11.8 Å². The first-order valence-electron chi connectivity index (χ1n) is 6.31. The van der Waals surface area contributed by atoms with Crippen LogP contribution in [0.3, 0.4) is 0 Å². The molecule has 1 aromatic carbocycles. The molecular formula is C14H15N2O3S2+. The summed E-state index contributed by atoms with van der Waals surface area (Å²) < 4.78 is 2.44. The molecule has 0 bridgehead atoms. The molecule has 0 spiro atoms. The van der Waals surface area contributed by atoms with Crippen molar-refractivity contribution in [2.24, 2.45) is 4.99 Å². The first kappa shape index (κ1) is 15.5. The molecule has 0 aliphatic rings. The van der Waals surface area contributed by atoms with Gasteiger partial charge >= 0.3 is 16.2 Å². The van der Waals surface area contributed by atoms with Crippen molar-refractivity contribution in [3.05, 3.63) is 35.2 Å². The van der Waals surface area contributed by atoms with Crippen molar-refractivity contribution in [1.29, 1.82) is 0 Å². The van der Waals surface area contributed by atoms with Gasteiger partial charge in [0.15, 0.2) is 11.4 Å². The van der Waals surface area contributed by atoms with E-state index in [9.17, 15) is 9.90 Å². The molecule has 0 aliphatic carbocycles. The monoisotopic (exact) mass is 323 g/mol. The van der Waals surface area contributed by atoms with Gasteiger partial charge in [0.25, 0.3) is 0 Å².